The average Bonchev–Trinajstić information content (AvgIpc) is 3.04. The van der Waals surface area contributed by atoms with Crippen LogP contribution in [0.4, 0.5) is 0 Å². The van der Waals surface area contributed by atoms with Gasteiger partial charge in [-0.15, -0.1) is 11.3 Å². The summed E-state index contributed by atoms with van der Waals surface area (Å²) in [5.41, 5.74) is 4.03. The smallest absolute Gasteiger partial charge is 0.263 e. The van der Waals surface area contributed by atoms with E-state index in [1.807, 2.05) is 37.3 Å². The maximum Gasteiger partial charge on any atom is 0.263 e. The first-order valence-electron chi connectivity index (χ1n) is 8.42. The van der Waals surface area contributed by atoms with Crippen molar-refractivity contribution in [1.82, 2.24) is 15.3 Å². The largest absolute Gasteiger partial charge is 0.351 e. The first kappa shape index (κ1) is 17.3. The van der Waals surface area contributed by atoms with E-state index in [0.717, 1.165) is 34.8 Å². The van der Waals surface area contributed by atoms with E-state index in [1.54, 1.807) is 6.20 Å². The predicted molar refractivity (Wildman–Crippen MR) is 102 cm³/mol. The third kappa shape index (κ3) is 4.31. The van der Waals surface area contributed by atoms with E-state index in [9.17, 15) is 4.79 Å². The number of hydrogen-bond acceptors (Lipinski definition) is 4. The van der Waals surface area contributed by atoms with Crippen molar-refractivity contribution in [2.75, 3.05) is 6.54 Å². The van der Waals surface area contributed by atoms with Crippen LogP contribution in [0.1, 0.15) is 33.5 Å². The highest BCUT2D eigenvalue weighted by molar-refractivity contribution is 7.17. The lowest BCUT2D eigenvalue weighted by Gasteiger charge is -2.04. The van der Waals surface area contributed by atoms with Crippen molar-refractivity contribution in [3.05, 3.63) is 70.5 Å². The number of thiazole rings is 1. The van der Waals surface area contributed by atoms with Crippen LogP contribution in [0.5, 0.6) is 0 Å². The van der Waals surface area contributed by atoms with Crippen LogP contribution in [0.3, 0.4) is 0 Å². The summed E-state index contributed by atoms with van der Waals surface area (Å²) in [5, 5.41) is 3.86. The molecule has 4 nitrogen and oxygen atoms in total. The highest BCUT2D eigenvalue weighted by atomic mass is 32.1. The van der Waals surface area contributed by atoms with Gasteiger partial charge in [0.05, 0.1) is 5.69 Å². The number of carbonyl (C=O) groups excluding carboxylic acids is 1. The van der Waals surface area contributed by atoms with Crippen LogP contribution >= 0.6 is 11.3 Å². The number of amides is 1. The van der Waals surface area contributed by atoms with Gasteiger partial charge < -0.3 is 5.32 Å². The monoisotopic (exact) mass is 351 g/mol. The highest BCUT2D eigenvalue weighted by Crippen LogP contribution is 2.28. The summed E-state index contributed by atoms with van der Waals surface area (Å²) < 4.78 is 0. The Hall–Kier alpha value is -2.53. The topological polar surface area (TPSA) is 54.9 Å². The molecule has 0 aliphatic heterocycles. The van der Waals surface area contributed by atoms with Crippen LogP contribution in [-0.4, -0.2) is 22.4 Å². The van der Waals surface area contributed by atoms with Gasteiger partial charge in [0.2, 0.25) is 0 Å². The van der Waals surface area contributed by atoms with E-state index in [2.05, 4.69) is 34.3 Å². The Morgan fingerprint density at radius 1 is 1.20 bits per heavy atom. The summed E-state index contributed by atoms with van der Waals surface area (Å²) in [5.74, 6) is -0.0537. The maximum atomic E-state index is 12.5. The average molecular weight is 351 g/mol. The molecular formula is C20H21N3OS. The summed E-state index contributed by atoms with van der Waals surface area (Å²) in [6, 6.07) is 14.1. The zero-order chi connectivity index (χ0) is 17.6. The molecule has 0 unspecified atom stereocenters. The quantitative estimate of drug-likeness (QED) is 0.729. The van der Waals surface area contributed by atoms with Crippen molar-refractivity contribution in [3.63, 3.8) is 0 Å². The number of benzene rings is 1. The molecule has 0 bridgehead atoms. The number of rotatable bonds is 6. The van der Waals surface area contributed by atoms with Crippen LogP contribution in [0.25, 0.3) is 10.6 Å². The molecule has 128 valence electrons. The fraction of sp³-hybridized carbons (Fsp3) is 0.250. The minimum absolute atomic E-state index is 0.0537. The standard InChI is InChI=1S/C20H21N3OS/c1-3-17-13-16(10-12-21-17)20-23-14(2)18(25-20)19(24)22-11-9-15-7-5-4-6-8-15/h4-8,10,12-13H,3,9,11H2,1-2H3,(H,22,24). The van der Waals surface area contributed by atoms with Gasteiger partial charge >= 0.3 is 0 Å². The van der Waals surface area contributed by atoms with Crippen molar-refractivity contribution >= 4 is 17.2 Å². The Balaban J connectivity index is 1.68. The van der Waals surface area contributed by atoms with Gasteiger partial charge in [0.15, 0.2) is 0 Å². The second-order valence-electron chi connectivity index (χ2n) is 5.81. The lowest BCUT2D eigenvalue weighted by Crippen LogP contribution is -2.25. The van der Waals surface area contributed by atoms with Gasteiger partial charge in [-0.3, -0.25) is 9.78 Å². The molecule has 0 aliphatic rings. The first-order chi connectivity index (χ1) is 12.2. The lowest BCUT2D eigenvalue weighted by molar-refractivity contribution is 0.0957. The number of nitrogens with zero attached hydrogens (tertiary/aromatic N) is 2. The molecule has 3 rings (SSSR count). The van der Waals surface area contributed by atoms with E-state index in [0.29, 0.717) is 11.4 Å². The van der Waals surface area contributed by atoms with E-state index in [1.165, 1.54) is 16.9 Å². The van der Waals surface area contributed by atoms with Gasteiger partial charge in [-0.25, -0.2) is 4.98 Å². The van der Waals surface area contributed by atoms with Crippen molar-refractivity contribution in [1.29, 1.82) is 0 Å². The molecule has 1 N–H and O–H groups in total. The van der Waals surface area contributed by atoms with Gasteiger partial charge in [0.25, 0.3) is 5.91 Å². The molecule has 0 saturated carbocycles. The van der Waals surface area contributed by atoms with Gasteiger partial charge in [0, 0.05) is 24.0 Å². The molecule has 25 heavy (non-hydrogen) atoms. The number of aromatic nitrogens is 2. The Bertz CT molecular complexity index is 858. The fourth-order valence-electron chi connectivity index (χ4n) is 2.58. The zero-order valence-electron chi connectivity index (χ0n) is 14.5. The van der Waals surface area contributed by atoms with Crippen LogP contribution in [0.15, 0.2) is 48.7 Å². The molecule has 2 heterocycles. The lowest BCUT2D eigenvalue weighted by atomic mass is 10.1. The molecule has 5 heteroatoms. The Morgan fingerprint density at radius 3 is 2.76 bits per heavy atom. The molecule has 1 amide bonds. The normalized spacial score (nSPS) is 10.6. The third-order valence-corrected chi connectivity index (χ3v) is 5.18. The fourth-order valence-corrected chi connectivity index (χ4v) is 3.56. The van der Waals surface area contributed by atoms with Crippen LogP contribution in [0, 0.1) is 6.92 Å². The molecule has 0 fully saturated rings. The molecule has 0 radical (unpaired) electrons. The van der Waals surface area contributed by atoms with E-state index in [4.69, 9.17) is 0 Å². The summed E-state index contributed by atoms with van der Waals surface area (Å²) >= 11 is 1.44. The summed E-state index contributed by atoms with van der Waals surface area (Å²) in [7, 11) is 0. The van der Waals surface area contributed by atoms with Crippen LogP contribution < -0.4 is 5.32 Å². The van der Waals surface area contributed by atoms with Crippen molar-refractivity contribution in [3.8, 4) is 10.6 Å². The van der Waals surface area contributed by atoms with Gasteiger partial charge in [-0.05, 0) is 37.5 Å². The molecule has 2 aromatic heterocycles. The van der Waals surface area contributed by atoms with Gasteiger partial charge in [-0.1, -0.05) is 37.3 Å². The molecule has 0 saturated heterocycles. The Kier molecular flexibility index (Phi) is 5.56. The van der Waals surface area contributed by atoms with Gasteiger partial charge in [0.1, 0.15) is 9.88 Å². The first-order valence-corrected chi connectivity index (χ1v) is 9.24. The molecule has 3 aromatic rings. The zero-order valence-corrected chi connectivity index (χ0v) is 15.3. The van der Waals surface area contributed by atoms with Crippen molar-refractivity contribution < 1.29 is 4.79 Å². The van der Waals surface area contributed by atoms with E-state index in [-0.39, 0.29) is 5.91 Å². The van der Waals surface area contributed by atoms with Crippen molar-refractivity contribution in [2.45, 2.75) is 26.7 Å². The Labute approximate surface area is 152 Å². The summed E-state index contributed by atoms with van der Waals surface area (Å²) in [4.78, 5) is 22.0. The molecule has 0 aliphatic carbocycles. The molecule has 0 spiro atoms. The SMILES string of the molecule is CCc1cc(-c2nc(C)c(C(=O)NCCc3ccccc3)s2)ccn1. The summed E-state index contributed by atoms with van der Waals surface area (Å²) in [6.07, 6.45) is 3.50. The second kappa shape index (κ2) is 8.03. The Morgan fingerprint density at radius 2 is 2.00 bits per heavy atom. The third-order valence-electron chi connectivity index (χ3n) is 3.97. The van der Waals surface area contributed by atoms with E-state index < -0.39 is 0 Å². The van der Waals surface area contributed by atoms with Crippen LogP contribution in [-0.2, 0) is 12.8 Å². The number of carbonyl (C=O) groups is 1. The minimum Gasteiger partial charge on any atom is -0.351 e. The van der Waals surface area contributed by atoms with E-state index >= 15 is 0 Å². The highest BCUT2D eigenvalue weighted by Gasteiger charge is 2.16. The van der Waals surface area contributed by atoms with Crippen molar-refractivity contribution in [2.24, 2.45) is 0 Å². The number of aryl methyl sites for hydroxylation is 2. The molecular weight excluding hydrogens is 330 g/mol. The second-order valence-corrected chi connectivity index (χ2v) is 6.81. The van der Waals surface area contributed by atoms with Crippen LogP contribution in [0.2, 0.25) is 0 Å². The molecule has 0 atom stereocenters. The predicted octanol–water partition coefficient (Wildman–Crippen LogP) is 4.05. The minimum atomic E-state index is -0.0537. The van der Waals surface area contributed by atoms with Gasteiger partial charge in [-0.2, -0.15) is 0 Å². The number of nitrogens with one attached hydrogen (secondary N) is 1. The number of pyridine rings is 1. The summed E-state index contributed by atoms with van der Waals surface area (Å²) in [6.45, 7) is 4.57. The molecule has 1 aromatic carbocycles. The number of hydrogen-bond donors (Lipinski definition) is 1. The maximum absolute atomic E-state index is 12.5.